The lowest BCUT2D eigenvalue weighted by molar-refractivity contribution is -0.885. The first kappa shape index (κ1) is 16.8. The van der Waals surface area contributed by atoms with Crippen LogP contribution in [-0.4, -0.2) is 57.2 Å². The van der Waals surface area contributed by atoms with E-state index in [0.29, 0.717) is 18.4 Å². The fourth-order valence-electron chi connectivity index (χ4n) is 2.98. The molecule has 1 aromatic rings. The Hall–Kier alpha value is -1.59. The van der Waals surface area contributed by atoms with Gasteiger partial charge in [0.1, 0.15) is 5.75 Å². The van der Waals surface area contributed by atoms with Gasteiger partial charge in [-0.15, -0.1) is 0 Å². The fraction of sp³-hybridized carbons (Fsp3) is 0.588. The van der Waals surface area contributed by atoms with Crippen molar-refractivity contribution < 1.29 is 19.5 Å². The molecule has 122 valence electrons. The van der Waals surface area contributed by atoms with E-state index >= 15 is 0 Å². The van der Waals surface area contributed by atoms with E-state index in [-0.39, 0.29) is 5.56 Å². The Morgan fingerprint density at radius 1 is 1.36 bits per heavy atom. The van der Waals surface area contributed by atoms with E-state index in [1.165, 1.54) is 32.0 Å². The molecule has 0 aliphatic carbocycles. The van der Waals surface area contributed by atoms with E-state index < -0.39 is 5.97 Å². The van der Waals surface area contributed by atoms with Crippen LogP contribution >= 0.6 is 0 Å². The molecule has 0 saturated carbocycles. The standard InChI is InChI=1S/C17H26N2O3/c1-18-11-8-14(9-12-18)19(2)10-5-13-22-16-7-4-3-6-15(16)17(20)21/h3-4,6-7,14H,5,8-13H2,1-2H3,(H,20,21). The SMILES string of the molecule is CN(CCCOc1ccccc1C(=O)[O-])C1CC[NH+](C)CC1. The summed E-state index contributed by atoms with van der Waals surface area (Å²) in [7, 11) is 4.42. The summed E-state index contributed by atoms with van der Waals surface area (Å²) in [5.41, 5.74) is 0.120. The maximum Gasteiger partial charge on any atom is 0.128 e. The van der Waals surface area contributed by atoms with Crippen LogP contribution in [-0.2, 0) is 0 Å². The molecule has 0 unspecified atom stereocenters. The lowest BCUT2D eigenvalue weighted by Gasteiger charge is -2.33. The predicted molar refractivity (Wildman–Crippen MR) is 83.2 cm³/mol. The molecule has 0 atom stereocenters. The average molecular weight is 306 g/mol. The van der Waals surface area contributed by atoms with E-state index in [0.717, 1.165) is 13.0 Å². The minimum absolute atomic E-state index is 0.120. The van der Waals surface area contributed by atoms with Crippen molar-refractivity contribution in [2.24, 2.45) is 0 Å². The van der Waals surface area contributed by atoms with Gasteiger partial charge in [-0.25, -0.2) is 0 Å². The molecule has 1 N–H and O–H groups in total. The quantitative estimate of drug-likeness (QED) is 0.685. The monoisotopic (exact) mass is 306 g/mol. The van der Waals surface area contributed by atoms with Crippen molar-refractivity contribution in [3.63, 3.8) is 0 Å². The number of carbonyl (C=O) groups excluding carboxylic acids is 1. The maximum atomic E-state index is 11.0. The highest BCUT2D eigenvalue weighted by molar-refractivity contribution is 5.89. The zero-order valence-corrected chi connectivity index (χ0v) is 13.5. The smallest absolute Gasteiger partial charge is 0.128 e. The number of nitrogens with zero attached hydrogens (tertiary/aromatic N) is 1. The highest BCUT2D eigenvalue weighted by Crippen LogP contribution is 2.17. The molecule has 22 heavy (non-hydrogen) atoms. The highest BCUT2D eigenvalue weighted by Gasteiger charge is 2.22. The van der Waals surface area contributed by atoms with Gasteiger partial charge in [-0.05, 0) is 25.6 Å². The summed E-state index contributed by atoms with van der Waals surface area (Å²) >= 11 is 0. The minimum Gasteiger partial charge on any atom is -0.545 e. The first-order valence-corrected chi connectivity index (χ1v) is 8.02. The van der Waals surface area contributed by atoms with Crippen LogP contribution in [0.3, 0.4) is 0 Å². The van der Waals surface area contributed by atoms with Crippen molar-refractivity contribution in [2.45, 2.75) is 25.3 Å². The average Bonchev–Trinajstić information content (AvgIpc) is 2.52. The lowest BCUT2D eigenvalue weighted by atomic mass is 10.0. The largest absolute Gasteiger partial charge is 0.545 e. The number of aromatic carboxylic acids is 1. The van der Waals surface area contributed by atoms with Gasteiger partial charge in [0.25, 0.3) is 0 Å². The molecule has 0 aromatic heterocycles. The Balaban J connectivity index is 1.72. The number of carboxylic acids is 1. The summed E-state index contributed by atoms with van der Waals surface area (Å²) in [5.74, 6) is -0.797. The molecular formula is C17H26N2O3. The molecule has 0 amide bonds. The number of hydrogen-bond acceptors (Lipinski definition) is 4. The zero-order valence-electron chi connectivity index (χ0n) is 13.5. The van der Waals surface area contributed by atoms with Crippen LogP contribution in [0.25, 0.3) is 0 Å². The normalized spacial score (nSPS) is 21.8. The van der Waals surface area contributed by atoms with Crippen molar-refractivity contribution in [1.29, 1.82) is 0 Å². The molecule has 1 fully saturated rings. The van der Waals surface area contributed by atoms with E-state index in [4.69, 9.17) is 4.74 Å². The molecule has 1 aliphatic rings. The first-order chi connectivity index (χ1) is 10.6. The molecule has 0 radical (unpaired) electrons. The Bertz CT molecular complexity index is 485. The number of ether oxygens (including phenoxy) is 1. The second kappa shape index (κ2) is 8.15. The van der Waals surface area contributed by atoms with E-state index in [9.17, 15) is 9.90 Å². The Labute approximate surface area is 132 Å². The van der Waals surface area contributed by atoms with Crippen molar-refractivity contribution in [1.82, 2.24) is 4.90 Å². The summed E-state index contributed by atoms with van der Waals surface area (Å²) in [6.45, 7) is 3.97. The second-order valence-electron chi connectivity index (χ2n) is 6.15. The van der Waals surface area contributed by atoms with Crippen LogP contribution in [0, 0.1) is 0 Å². The molecule has 1 saturated heterocycles. The molecule has 1 heterocycles. The maximum absolute atomic E-state index is 11.0. The summed E-state index contributed by atoms with van der Waals surface area (Å²) in [5, 5.41) is 11.0. The van der Waals surface area contributed by atoms with Gasteiger partial charge in [0.05, 0.1) is 32.7 Å². The summed E-state index contributed by atoms with van der Waals surface area (Å²) in [6, 6.07) is 7.30. The van der Waals surface area contributed by atoms with Gasteiger partial charge in [0.2, 0.25) is 0 Å². The van der Waals surface area contributed by atoms with Gasteiger partial charge >= 0.3 is 0 Å². The third-order valence-corrected chi connectivity index (χ3v) is 4.45. The third kappa shape index (κ3) is 4.71. The second-order valence-corrected chi connectivity index (χ2v) is 6.15. The van der Waals surface area contributed by atoms with Crippen molar-refractivity contribution in [2.75, 3.05) is 40.3 Å². The van der Waals surface area contributed by atoms with Crippen molar-refractivity contribution in [3.8, 4) is 5.75 Å². The number of rotatable bonds is 7. The van der Waals surface area contributed by atoms with Gasteiger partial charge in [0, 0.05) is 31.0 Å². The number of para-hydroxylation sites is 1. The number of hydrogen-bond donors (Lipinski definition) is 1. The Morgan fingerprint density at radius 2 is 2.05 bits per heavy atom. The fourth-order valence-corrected chi connectivity index (χ4v) is 2.98. The van der Waals surface area contributed by atoms with E-state index in [2.05, 4.69) is 19.0 Å². The van der Waals surface area contributed by atoms with Crippen LogP contribution in [0.5, 0.6) is 5.75 Å². The molecule has 5 nitrogen and oxygen atoms in total. The predicted octanol–water partition coefficient (Wildman–Crippen LogP) is -0.572. The zero-order chi connectivity index (χ0) is 15.9. The molecule has 2 rings (SSSR count). The summed E-state index contributed by atoms with van der Waals surface area (Å²) in [4.78, 5) is 15.0. The van der Waals surface area contributed by atoms with Gasteiger partial charge in [0.15, 0.2) is 0 Å². The van der Waals surface area contributed by atoms with Gasteiger partial charge < -0.3 is 24.4 Å². The Kier molecular flexibility index (Phi) is 6.21. The number of piperidine rings is 1. The topological polar surface area (TPSA) is 57.0 Å². The van der Waals surface area contributed by atoms with Gasteiger partial charge in [-0.3, -0.25) is 0 Å². The Morgan fingerprint density at radius 3 is 2.73 bits per heavy atom. The van der Waals surface area contributed by atoms with Gasteiger partial charge in [-0.2, -0.15) is 0 Å². The number of likely N-dealkylation sites (tertiary alicyclic amines) is 1. The summed E-state index contributed by atoms with van der Waals surface area (Å²) in [6.07, 6.45) is 3.38. The molecule has 0 bridgehead atoms. The number of quaternary nitrogens is 1. The number of carbonyl (C=O) groups is 1. The summed E-state index contributed by atoms with van der Waals surface area (Å²) < 4.78 is 5.60. The number of benzene rings is 1. The first-order valence-electron chi connectivity index (χ1n) is 8.02. The number of carboxylic acid groups (broad SMARTS) is 1. The van der Waals surface area contributed by atoms with E-state index in [1.54, 1.807) is 23.1 Å². The van der Waals surface area contributed by atoms with Crippen LogP contribution in [0.1, 0.15) is 29.6 Å². The van der Waals surface area contributed by atoms with Crippen molar-refractivity contribution >= 4 is 5.97 Å². The molecule has 5 heteroatoms. The van der Waals surface area contributed by atoms with Crippen LogP contribution in [0.4, 0.5) is 0 Å². The molecule has 1 aromatic carbocycles. The van der Waals surface area contributed by atoms with E-state index in [1.807, 2.05) is 0 Å². The van der Waals surface area contributed by atoms with Crippen LogP contribution < -0.4 is 14.7 Å². The molecule has 0 spiro atoms. The van der Waals surface area contributed by atoms with Gasteiger partial charge in [-0.1, -0.05) is 12.1 Å². The minimum atomic E-state index is -1.19. The third-order valence-electron chi connectivity index (χ3n) is 4.45. The molecular weight excluding hydrogens is 280 g/mol. The van der Waals surface area contributed by atoms with Crippen LogP contribution in [0.15, 0.2) is 24.3 Å². The highest BCUT2D eigenvalue weighted by atomic mass is 16.5. The molecule has 1 aliphatic heterocycles. The number of nitrogens with one attached hydrogen (secondary N) is 1. The lowest BCUT2D eigenvalue weighted by Crippen LogP contribution is -3.10. The van der Waals surface area contributed by atoms with Crippen LogP contribution in [0.2, 0.25) is 0 Å². The van der Waals surface area contributed by atoms with Crippen molar-refractivity contribution in [3.05, 3.63) is 29.8 Å².